The van der Waals surface area contributed by atoms with E-state index in [9.17, 15) is 9.18 Å². The van der Waals surface area contributed by atoms with Crippen LogP contribution in [0.4, 0.5) is 10.1 Å². The predicted molar refractivity (Wildman–Crippen MR) is 121 cm³/mol. The van der Waals surface area contributed by atoms with Crippen molar-refractivity contribution in [3.05, 3.63) is 93.5 Å². The number of hydrogen-bond acceptors (Lipinski definition) is 3. The van der Waals surface area contributed by atoms with Gasteiger partial charge in [-0.3, -0.25) is 4.79 Å². The molecule has 1 amide bonds. The van der Waals surface area contributed by atoms with Crippen molar-refractivity contribution < 1.29 is 9.18 Å². The van der Waals surface area contributed by atoms with Crippen LogP contribution in [-0.2, 0) is 0 Å². The molecular formula is C23H17Cl2FN4O. The van der Waals surface area contributed by atoms with E-state index in [-0.39, 0.29) is 11.6 Å². The molecule has 0 atom stereocenters. The number of amides is 1. The van der Waals surface area contributed by atoms with Gasteiger partial charge < -0.3 is 5.32 Å². The van der Waals surface area contributed by atoms with Crippen LogP contribution in [0, 0.1) is 19.7 Å². The molecule has 0 aliphatic rings. The van der Waals surface area contributed by atoms with Crippen LogP contribution in [-0.4, -0.2) is 20.7 Å². The molecule has 8 heteroatoms. The lowest BCUT2D eigenvalue weighted by Crippen LogP contribution is -2.15. The number of carbonyl (C=O) groups excluding carboxylic acids is 1. The highest BCUT2D eigenvalue weighted by Gasteiger charge is 2.21. The minimum absolute atomic E-state index is 0.0434. The minimum atomic E-state index is -0.493. The SMILES string of the molecule is Cc1ccc(Cl)cc1NC(=O)c1nc(-c2ccc(F)cc2)n(-c2cccc(Cl)c2C)n1. The predicted octanol–water partition coefficient (Wildman–Crippen LogP) is 6.25. The van der Waals surface area contributed by atoms with Gasteiger partial charge in [0.1, 0.15) is 5.82 Å². The number of aryl methyl sites for hydroxylation is 1. The molecule has 0 spiro atoms. The molecule has 0 aliphatic heterocycles. The normalized spacial score (nSPS) is 10.9. The summed E-state index contributed by atoms with van der Waals surface area (Å²) in [6, 6.07) is 16.4. The van der Waals surface area contributed by atoms with E-state index in [1.54, 1.807) is 36.4 Å². The first-order valence-electron chi connectivity index (χ1n) is 9.39. The van der Waals surface area contributed by atoms with Gasteiger partial charge >= 0.3 is 0 Å². The zero-order valence-corrected chi connectivity index (χ0v) is 18.2. The first kappa shape index (κ1) is 21.0. The number of hydrogen-bond donors (Lipinski definition) is 1. The zero-order valence-electron chi connectivity index (χ0n) is 16.7. The number of carbonyl (C=O) groups is 1. The smallest absolute Gasteiger partial charge is 0.295 e. The van der Waals surface area contributed by atoms with Crippen LogP contribution in [0.3, 0.4) is 0 Å². The molecule has 5 nitrogen and oxygen atoms in total. The van der Waals surface area contributed by atoms with E-state index < -0.39 is 5.91 Å². The van der Waals surface area contributed by atoms with E-state index in [1.807, 2.05) is 26.0 Å². The first-order chi connectivity index (χ1) is 14.8. The zero-order chi connectivity index (χ0) is 22.1. The van der Waals surface area contributed by atoms with Gasteiger partial charge in [0.15, 0.2) is 5.82 Å². The molecule has 3 aromatic carbocycles. The lowest BCUT2D eigenvalue weighted by atomic mass is 10.1. The number of rotatable bonds is 4. The molecule has 1 heterocycles. The average molecular weight is 455 g/mol. The molecule has 0 saturated carbocycles. The second-order valence-electron chi connectivity index (χ2n) is 6.98. The highest BCUT2D eigenvalue weighted by molar-refractivity contribution is 6.31. The number of aromatic nitrogens is 3. The molecule has 1 N–H and O–H groups in total. The minimum Gasteiger partial charge on any atom is -0.319 e. The fraction of sp³-hybridized carbons (Fsp3) is 0.0870. The lowest BCUT2D eigenvalue weighted by Gasteiger charge is -2.10. The second-order valence-corrected chi connectivity index (χ2v) is 7.82. The fourth-order valence-corrected chi connectivity index (χ4v) is 3.44. The van der Waals surface area contributed by atoms with Gasteiger partial charge in [-0.15, -0.1) is 5.10 Å². The summed E-state index contributed by atoms with van der Waals surface area (Å²) < 4.78 is 15.0. The standard InChI is InChI=1S/C23H17Cl2FN4O/c1-13-6-9-16(24)12-19(13)27-23(31)21-28-22(15-7-10-17(26)11-8-15)30(29-21)20-5-3-4-18(25)14(20)2/h3-12H,1-2H3,(H,27,31). The van der Waals surface area contributed by atoms with Crippen LogP contribution >= 0.6 is 23.2 Å². The Morgan fingerprint density at radius 3 is 2.52 bits per heavy atom. The molecular weight excluding hydrogens is 438 g/mol. The van der Waals surface area contributed by atoms with Crippen molar-refractivity contribution in [3.8, 4) is 17.1 Å². The Bertz CT molecular complexity index is 1290. The van der Waals surface area contributed by atoms with Gasteiger partial charge in [0.05, 0.1) is 5.69 Å². The third-order valence-electron chi connectivity index (χ3n) is 4.83. The largest absolute Gasteiger partial charge is 0.319 e. The number of nitrogens with one attached hydrogen (secondary N) is 1. The van der Waals surface area contributed by atoms with Gasteiger partial charge in [-0.25, -0.2) is 14.1 Å². The molecule has 1 aromatic heterocycles. The maximum absolute atomic E-state index is 13.5. The number of halogens is 3. The van der Waals surface area contributed by atoms with Crippen molar-refractivity contribution in [1.82, 2.24) is 14.8 Å². The Balaban J connectivity index is 1.81. The van der Waals surface area contributed by atoms with E-state index in [2.05, 4.69) is 15.4 Å². The van der Waals surface area contributed by atoms with Gasteiger partial charge in [-0.2, -0.15) is 0 Å². The summed E-state index contributed by atoms with van der Waals surface area (Å²) in [6.07, 6.45) is 0. The topological polar surface area (TPSA) is 59.8 Å². The Hall–Kier alpha value is -3.22. The number of benzene rings is 3. The summed E-state index contributed by atoms with van der Waals surface area (Å²) in [4.78, 5) is 17.4. The summed E-state index contributed by atoms with van der Waals surface area (Å²) in [5, 5.41) is 8.29. The molecule has 0 bridgehead atoms. The van der Waals surface area contributed by atoms with Crippen LogP contribution in [0.5, 0.6) is 0 Å². The molecule has 156 valence electrons. The highest BCUT2D eigenvalue weighted by atomic mass is 35.5. The van der Waals surface area contributed by atoms with Gasteiger partial charge in [-0.1, -0.05) is 35.3 Å². The van der Waals surface area contributed by atoms with Crippen molar-refractivity contribution in [2.45, 2.75) is 13.8 Å². The van der Waals surface area contributed by atoms with Gasteiger partial charge in [0.2, 0.25) is 5.82 Å². The quantitative estimate of drug-likeness (QED) is 0.396. The lowest BCUT2D eigenvalue weighted by molar-refractivity contribution is 0.101. The van der Waals surface area contributed by atoms with Gasteiger partial charge in [0, 0.05) is 21.3 Å². The Morgan fingerprint density at radius 1 is 1.03 bits per heavy atom. The van der Waals surface area contributed by atoms with Crippen LogP contribution < -0.4 is 5.32 Å². The molecule has 0 saturated heterocycles. The summed E-state index contributed by atoms with van der Waals surface area (Å²) >= 11 is 12.3. The molecule has 0 aliphatic carbocycles. The number of nitrogens with zero attached hydrogens (tertiary/aromatic N) is 3. The monoisotopic (exact) mass is 454 g/mol. The van der Waals surface area contributed by atoms with Crippen LogP contribution in [0.1, 0.15) is 21.7 Å². The van der Waals surface area contributed by atoms with Crippen LogP contribution in [0.25, 0.3) is 17.1 Å². The second kappa shape index (κ2) is 8.49. The van der Waals surface area contributed by atoms with E-state index in [1.165, 1.54) is 16.8 Å². The summed E-state index contributed by atoms with van der Waals surface area (Å²) in [6.45, 7) is 3.71. The van der Waals surface area contributed by atoms with Crippen molar-refractivity contribution in [2.24, 2.45) is 0 Å². The molecule has 4 rings (SSSR count). The van der Waals surface area contributed by atoms with Crippen molar-refractivity contribution in [2.75, 3.05) is 5.32 Å². The Labute approximate surface area is 188 Å². The first-order valence-corrected chi connectivity index (χ1v) is 10.1. The Morgan fingerprint density at radius 2 is 1.77 bits per heavy atom. The molecule has 4 aromatic rings. The third kappa shape index (κ3) is 4.31. The van der Waals surface area contributed by atoms with E-state index >= 15 is 0 Å². The van der Waals surface area contributed by atoms with Crippen molar-refractivity contribution >= 4 is 34.8 Å². The van der Waals surface area contributed by atoms with Crippen LogP contribution in [0.2, 0.25) is 10.0 Å². The van der Waals surface area contributed by atoms with Crippen molar-refractivity contribution in [1.29, 1.82) is 0 Å². The average Bonchev–Trinajstić information content (AvgIpc) is 3.18. The third-order valence-corrected chi connectivity index (χ3v) is 5.47. The highest BCUT2D eigenvalue weighted by Crippen LogP contribution is 2.27. The van der Waals surface area contributed by atoms with E-state index in [0.29, 0.717) is 32.8 Å². The van der Waals surface area contributed by atoms with Gasteiger partial charge in [0.25, 0.3) is 5.91 Å². The maximum Gasteiger partial charge on any atom is 0.295 e. The molecule has 0 radical (unpaired) electrons. The van der Waals surface area contributed by atoms with E-state index in [0.717, 1.165) is 11.1 Å². The Kier molecular flexibility index (Phi) is 5.76. The summed E-state index contributed by atoms with van der Waals surface area (Å²) in [5.74, 6) is -0.522. The molecule has 0 fully saturated rings. The number of anilines is 1. The van der Waals surface area contributed by atoms with Gasteiger partial charge in [-0.05, 0) is 73.5 Å². The van der Waals surface area contributed by atoms with Crippen LogP contribution in [0.15, 0.2) is 60.7 Å². The van der Waals surface area contributed by atoms with E-state index in [4.69, 9.17) is 23.2 Å². The summed E-state index contributed by atoms with van der Waals surface area (Å²) in [7, 11) is 0. The van der Waals surface area contributed by atoms with Crippen molar-refractivity contribution in [3.63, 3.8) is 0 Å². The molecule has 0 unspecified atom stereocenters. The summed E-state index contributed by atoms with van der Waals surface area (Å²) in [5.41, 5.74) is 3.45. The fourth-order valence-electron chi connectivity index (χ4n) is 3.09. The maximum atomic E-state index is 13.5. The molecule has 31 heavy (non-hydrogen) atoms.